The molecule has 0 saturated heterocycles. The van der Waals surface area contributed by atoms with Gasteiger partial charge in [-0.3, -0.25) is 4.79 Å². The molecule has 1 aliphatic rings. The molecule has 3 heterocycles. The Morgan fingerprint density at radius 2 is 1.97 bits per heavy atom. The van der Waals surface area contributed by atoms with Gasteiger partial charge in [-0.15, -0.1) is 23.7 Å². The van der Waals surface area contributed by atoms with Crippen LogP contribution in [0.3, 0.4) is 0 Å². The van der Waals surface area contributed by atoms with Crippen molar-refractivity contribution in [1.82, 2.24) is 9.80 Å². The van der Waals surface area contributed by atoms with Crippen LogP contribution in [0.2, 0.25) is 0 Å². The molecule has 6 heteroatoms. The summed E-state index contributed by atoms with van der Waals surface area (Å²) >= 11 is 1.53. The van der Waals surface area contributed by atoms with Crippen LogP contribution in [-0.4, -0.2) is 36.3 Å². The summed E-state index contributed by atoms with van der Waals surface area (Å²) in [5.74, 6) is 1.98. The molecule has 4 nitrogen and oxygen atoms in total. The van der Waals surface area contributed by atoms with Gasteiger partial charge in [-0.25, -0.2) is 0 Å². The Morgan fingerprint density at radius 1 is 1.17 bits per heavy atom. The first-order valence-corrected chi connectivity index (χ1v) is 10.3. The standard InChI is InChI=1S/C23H24N2O2S.ClH/c1-24(2)15-19-14-18-12-13-25(16-21(18)27-19)23(26)22-11-10-20(28-22)9-8-17-6-4-3-5-7-17;/h3-11,14H,12-13,15-16H2,1-2H3;1H/b9-8+;. The first-order chi connectivity index (χ1) is 13.6. The highest BCUT2D eigenvalue weighted by Crippen LogP contribution is 2.27. The van der Waals surface area contributed by atoms with Gasteiger partial charge in [-0.05, 0) is 55.9 Å². The van der Waals surface area contributed by atoms with Crippen molar-refractivity contribution in [1.29, 1.82) is 0 Å². The number of hydrogen-bond donors (Lipinski definition) is 0. The van der Waals surface area contributed by atoms with E-state index in [9.17, 15) is 4.79 Å². The molecule has 0 fully saturated rings. The normalized spacial score (nSPS) is 13.6. The smallest absolute Gasteiger partial charge is 0.264 e. The molecule has 1 aliphatic heterocycles. The van der Waals surface area contributed by atoms with Crippen LogP contribution in [0.1, 0.15) is 37.2 Å². The Bertz CT molecular complexity index is 991. The van der Waals surface area contributed by atoms with Crippen molar-refractivity contribution in [2.75, 3.05) is 20.6 Å². The molecule has 1 amide bonds. The Hall–Kier alpha value is -2.34. The van der Waals surface area contributed by atoms with E-state index in [1.807, 2.05) is 49.3 Å². The molecule has 0 N–H and O–H groups in total. The number of carbonyl (C=O) groups is 1. The van der Waals surface area contributed by atoms with Gasteiger partial charge in [0, 0.05) is 11.4 Å². The number of hydrogen-bond acceptors (Lipinski definition) is 4. The fourth-order valence-electron chi connectivity index (χ4n) is 3.40. The van der Waals surface area contributed by atoms with E-state index in [4.69, 9.17) is 4.42 Å². The lowest BCUT2D eigenvalue weighted by molar-refractivity contribution is 0.0723. The van der Waals surface area contributed by atoms with Crippen LogP contribution in [0.5, 0.6) is 0 Å². The number of halogens is 1. The third kappa shape index (κ3) is 5.18. The minimum atomic E-state index is 0. The maximum absolute atomic E-state index is 12.9. The highest BCUT2D eigenvalue weighted by atomic mass is 35.5. The number of benzene rings is 1. The zero-order valence-corrected chi connectivity index (χ0v) is 18.3. The second-order valence-electron chi connectivity index (χ2n) is 7.32. The minimum Gasteiger partial charge on any atom is -0.463 e. The molecule has 0 radical (unpaired) electrons. The Labute approximate surface area is 181 Å². The van der Waals surface area contributed by atoms with E-state index in [1.54, 1.807) is 0 Å². The van der Waals surface area contributed by atoms with Crippen LogP contribution >= 0.6 is 23.7 Å². The number of nitrogens with zero attached hydrogens (tertiary/aromatic N) is 2. The van der Waals surface area contributed by atoms with Crippen molar-refractivity contribution in [3.63, 3.8) is 0 Å². The van der Waals surface area contributed by atoms with Crippen molar-refractivity contribution in [2.45, 2.75) is 19.5 Å². The SMILES string of the molecule is CN(C)Cc1cc2c(o1)CN(C(=O)c1ccc(/C=C/c3ccccc3)s1)CC2.Cl. The van der Waals surface area contributed by atoms with Gasteiger partial charge in [0.1, 0.15) is 11.5 Å². The number of fused-ring (bicyclic) bond motifs is 1. The largest absolute Gasteiger partial charge is 0.463 e. The van der Waals surface area contributed by atoms with Crippen molar-refractivity contribution < 1.29 is 9.21 Å². The van der Waals surface area contributed by atoms with Crippen LogP contribution in [0, 0.1) is 0 Å². The third-order valence-corrected chi connectivity index (χ3v) is 5.81. The molecule has 4 rings (SSSR count). The van der Waals surface area contributed by atoms with Crippen molar-refractivity contribution in [3.8, 4) is 0 Å². The minimum absolute atomic E-state index is 0. The first-order valence-electron chi connectivity index (χ1n) is 9.46. The maximum atomic E-state index is 12.9. The molecular formula is C23H25ClN2O2S. The number of carbonyl (C=O) groups excluding carboxylic acids is 1. The lowest BCUT2D eigenvalue weighted by atomic mass is 10.1. The van der Waals surface area contributed by atoms with Gasteiger partial charge in [0.25, 0.3) is 5.91 Å². The van der Waals surface area contributed by atoms with Gasteiger partial charge >= 0.3 is 0 Å². The lowest BCUT2D eigenvalue weighted by Crippen LogP contribution is -2.35. The van der Waals surface area contributed by atoms with Gasteiger partial charge in [0.15, 0.2) is 0 Å². The van der Waals surface area contributed by atoms with Crippen molar-refractivity contribution in [3.05, 3.63) is 80.9 Å². The fourth-order valence-corrected chi connectivity index (χ4v) is 4.28. The molecule has 29 heavy (non-hydrogen) atoms. The number of furan rings is 1. The monoisotopic (exact) mass is 428 g/mol. The summed E-state index contributed by atoms with van der Waals surface area (Å²) in [7, 11) is 4.05. The zero-order valence-electron chi connectivity index (χ0n) is 16.6. The molecule has 2 aromatic heterocycles. The number of rotatable bonds is 5. The van der Waals surface area contributed by atoms with E-state index in [0.717, 1.165) is 46.3 Å². The van der Waals surface area contributed by atoms with Crippen LogP contribution in [0.15, 0.2) is 52.9 Å². The molecule has 152 valence electrons. The first kappa shape index (κ1) is 21.4. The Kier molecular flexibility index (Phi) is 6.96. The van der Waals surface area contributed by atoms with Crippen LogP contribution < -0.4 is 0 Å². The predicted molar refractivity (Wildman–Crippen MR) is 121 cm³/mol. The van der Waals surface area contributed by atoms with E-state index >= 15 is 0 Å². The molecular weight excluding hydrogens is 404 g/mol. The molecule has 3 aromatic rings. The molecule has 1 aromatic carbocycles. The second kappa shape index (κ2) is 9.44. The summed E-state index contributed by atoms with van der Waals surface area (Å²) in [5.41, 5.74) is 2.39. The topological polar surface area (TPSA) is 36.7 Å². The quantitative estimate of drug-likeness (QED) is 0.560. The van der Waals surface area contributed by atoms with Gasteiger partial charge in [0.05, 0.1) is 18.0 Å². The maximum Gasteiger partial charge on any atom is 0.264 e. The summed E-state index contributed by atoms with van der Waals surface area (Å²) in [5, 5.41) is 0. The predicted octanol–water partition coefficient (Wildman–Crippen LogP) is 5.19. The van der Waals surface area contributed by atoms with Crippen LogP contribution in [-0.2, 0) is 19.5 Å². The van der Waals surface area contributed by atoms with Gasteiger partial charge < -0.3 is 14.2 Å². The number of thiophene rings is 1. The fraction of sp³-hybridized carbons (Fsp3) is 0.261. The van der Waals surface area contributed by atoms with E-state index in [2.05, 4.69) is 35.3 Å². The average Bonchev–Trinajstić information content (AvgIpc) is 3.32. The van der Waals surface area contributed by atoms with Gasteiger partial charge in [0.2, 0.25) is 0 Å². The summed E-state index contributed by atoms with van der Waals surface area (Å²) in [6.45, 7) is 2.07. The molecule has 0 spiro atoms. The lowest BCUT2D eigenvalue weighted by Gasteiger charge is -2.25. The van der Waals surface area contributed by atoms with Crippen molar-refractivity contribution >= 4 is 41.8 Å². The summed E-state index contributed by atoms with van der Waals surface area (Å²) in [4.78, 5) is 18.8. The van der Waals surface area contributed by atoms with E-state index in [1.165, 1.54) is 16.9 Å². The second-order valence-corrected chi connectivity index (χ2v) is 8.44. The van der Waals surface area contributed by atoms with Crippen LogP contribution in [0.25, 0.3) is 12.2 Å². The van der Waals surface area contributed by atoms with Gasteiger partial charge in [-0.1, -0.05) is 36.4 Å². The van der Waals surface area contributed by atoms with E-state index < -0.39 is 0 Å². The molecule has 0 atom stereocenters. The van der Waals surface area contributed by atoms with Gasteiger partial charge in [-0.2, -0.15) is 0 Å². The molecule has 0 aliphatic carbocycles. The van der Waals surface area contributed by atoms with E-state index in [-0.39, 0.29) is 18.3 Å². The molecule has 0 unspecified atom stereocenters. The summed E-state index contributed by atoms with van der Waals surface area (Å²) < 4.78 is 5.98. The zero-order chi connectivity index (χ0) is 19.5. The highest BCUT2D eigenvalue weighted by molar-refractivity contribution is 7.14. The summed E-state index contributed by atoms with van der Waals surface area (Å²) in [6.07, 6.45) is 4.98. The average molecular weight is 429 g/mol. The third-order valence-electron chi connectivity index (χ3n) is 4.77. The highest BCUT2D eigenvalue weighted by Gasteiger charge is 2.25. The van der Waals surface area contributed by atoms with Crippen LogP contribution in [0.4, 0.5) is 0 Å². The van der Waals surface area contributed by atoms with Crippen molar-refractivity contribution in [2.24, 2.45) is 0 Å². The Morgan fingerprint density at radius 3 is 2.72 bits per heavy atom. The Balaban J connectivity index is 0.00000240. The molecule has 0 saturated carbocycles. The van der Waals surface area contributed by atoms with E-state index in [0.29, 0.717) is 6.54 Å². The number of amides is 1. The summed E-state index contributed by atoms with van der Waals surface area (Å²) in [6, 6.07) is 16.2. The molecule has 0 bridgehead atoms.